The zero-order valence-corrected chi connectivity index (χ0v) is 14.4. The summed E-state index contributed by atoms with van der Waals surface area (Å²) in [6.45, 7) is 4.14. The van der Waals surface area contributed by atoms with Crippen molar-refractivity contribution in [2.45, 2.75) is 19.9 Å². The van der Waals surface area contributed by atoms with E-state index < -0.39 is 0 Å². The minimum absolute atomic E-state index is 0.229. The standard InChI is InChI=1S/C18H17N7O/c1-12(2)24-10-13-8-14(5-6-16(13)22-24)20-18(26)17-11-25(23-21-17)15-4-3-7-19-9-15/h3-12H,1-2H3,(H,20,26). The van der Waals surface area contributed by atoms with Crippen LogP contribution in [0.1, 0.15) is 30.4 Å². The molecule has 1 N–H and O–H groups in total. The second-order valence-corrected chi connectivity index (χ2v) is 6.19. The Morgan fingerprint density at radius 1 is 1.19 bits per heavy atom. The van der Waals surface area contributed by atoms with Gasteiger partial charge in [-0.05, 0) is 44.2 Å². The molecule has 1 amide bonds. The molecule has 3 heterocycles. The highest BCUT2D eigenvalue weighted by Crippen LogP contribution is 2.20. The lowest BCUT2D eigenvalue weighted by atomic mass is 10.2. The third-order valence-corrected chi connectivity index (χ3v) is 3.95. The average Bonchev–Trinajstić information content (AvgIpc) is 3.29. The molecule has 3 aromatic heterocycles. The number of nitrogens with zero attached hydrogens (tertiary/aromatic N) is 6. The highest BCUT2D eigenvalue weighted by atomic mass is 16.2. The first-order chi connectivity index (χ1) is 12.6. The normalized spacial score (nSPS) is 11.2. The van der Waals surface area contributed by atoms with Crippen molar-refractivity contribution in [3.05, 3.63) is 60.8 Å². The molecule has 0 radical (unpaired) electrons. The van der Waals surface area contributed by atoms with Crippen molar-refractivity contribution >= 4 is 22.5 Å². The Morgan fingerprint density at radius 2 is 2.08 bits per heavy atom. The van der Waals surface area contributed by atoms with Crippen molar-refractivity contribution in [2.24, 2.45) is 0 Å². The summed E-state index contributed by atoms with van der Waals surface area (Å²) in [5.74, 6) is -0.323. The molecular weight excluding hydrogens is 330 g/mol. The Bertz CT molecular complexity index is 1070. The Balaban J connectivity index is 1.54. The van der Waals surface area contributed by atoms with Crippen LogP contribution in [-0.4, -0.2) is 35.7 Å². The molecule has 4 rings (SSSR count). The first-order valence-electron chi connectivity index (χ1n) is 8.23. The van der Waals surface area contributed by atoms with Crippen molar-refractivity contribution in [1.29, 1.82) is 0 Å². The maximum atomic E-state index is 12.4. The molecule has 0 saturated heterocycles. The molecule has 8 nitrogen and oxygen atoms in total. The molecule has 0 atom stereocenters. The summed E-state index contributed by atoms with van der Waals surface area (Å²) in [5.41, 5.74) is 2.54. The number of hydrogen-bond acceptors (Lipinski definition) is 5. The summed E-state index contributed by atoms with van der Waals surface area (Å²) in [6.07, 6.45) is 6.86. The van der Waals surface area contributed by atoms with E-state index in [1.54, 1.807) is 24.7 Å². The summed E-state index contributed by atoms with van der Waals surface area (Å²) in [6, 6.07) is 9.51. The minimum Gasteiger partial charge on any atom is -0.321 e. The van der Waals surface area contributed by atoms with E-state index in [4.69, 9.17) is 0 Å². The van der Waals surface area contributed by atoms with Gasteiger partial charge in [0.1, 0.15) is 0 Å². The van der Waals surface area contributed by atoms with Gasteiger partial charge in [0.25, 0.3) is 5.91 Å². The Morgan fingerprint density at radius 3 is 2.85 bits per heavy atom. The molecule has 0 fully saturated rings. The molecule has 0 saturated carbocycles. The van der Waals surface area contributed by atoms with Gasteiger partial charge in [-0.3, -0.25) is 14.5 Å². The maximum Gasteiger partial charge on any atom is 0.277 e. The number of anilines is 1. The number of fused-ring (bicyclic) bond motifs is 1. The number of carbonyl (C=O) groups is 1. The highest BCUT2D eigenvalue weighted by molar-refractivity contribution is 6.03. The third kappa shape index (κ3) is 3.04. The van der Waals surface area contributed by atoms with Gasteiger partial charge in [0.2, 0.25) is 0 Å². The number of benzene rings is 1. The summed E-state index contributed by atoms with van der Waals surface area (Å²) in [5, 5.41) is 16.2. The van der Waals surface area contributed by atoms with Crippen LogP contribution in [0.5, 0.6) is 0 Å². The van der Waals surface area contributed by atoms with E-state index in [2.05, 4.69) is 39.6 Å². The Hall–Kier alpha value is -3.55. The first kappa shape index (κ1) is 15.9. The monoisotopic (exact) mass is 347 g/mol. The van der Waals surface area contributed by atoms with E-state index in [9.17, 15) is 4.79 Å². The Labute approximate surface area is 149 Å². The number of aromatic nitrogens is 6. The number of carbonyl (C=O) groups excluding carboxylic acids is 1. The van der Waals surface area contributed by atoms with Crippen LogP contribution >= 0.6 is 0 Å². The average molecular weight is 347 g/mol. The van der Waals surface area contributed by atoms with Crippen LogP contribution in [0.3, 0.4) is 0 Å². The zero-order chi connectivity index (χ0) is 18.1. The predicted octanol–water partition coefficient (Wildman–Crippen LogP) is 2.85. The maximum absolute atomic E-state index is 12.4. The topological polar surface area (TPSA) is 90.5 Å². The lowest BCUT2D eigenvalue weighted by Crippen LogP contribution is -2.12. The van der Waals surface area contributed by atoms with Crippen molar-refractivity contribution < 1.29 is 4.79 Å². The second-order valence-electron chi connectivity index (χ2n) is 6.19. The number of hydrogen-bond donors (Lipinski definition) is 1. The van der Waals surface area contributed by atoms with Crippen LogP contribution < -0.4 is 5.32 Å². The summed E-state index contributed by atoms with van der Waals surface area (Å²) >= 11 is 0. The van der Waals surface area contributed by atoms with Gasteiger partial charge in [0.05, 0.1) is 23.6 Å². The quantitative estimate of drug-likeness (QED) is 0.613. The van der Waals surface area contributed by atoms with Gasteiger partial charge in [-0.2, -0.15) is 5.10 Å². The SMILES string of the molecule is CC(C)n1cc2cc(NC(=O)c3cn(-c4cccnc4)nn3)ccc2n1. The van der Waals surface area contributed by atoms with Gasteiger partial charge in [-0.15, -0.1) is 5.10 Å². The van der Waals surface area contributed by atoms with Crippen molar-refractivity contribution in [3.63, 3.8) is 0 Å². The summed E-state index contributed by atoms with van der Waals surface area (Å²) in [7, 11) is 0. The number of pyridine rings is 1. The lowest BCUT2D eigenvalue weighted by Gasteiger charge is -2.02. The largest absolute Gasteiger partial charge is 0.321 e. The predicted molar refractivity (Wildman–Crippen MR) is 97.2 cm³/mol. The van der Waals surface area contributed by atoms with Gasteiger partial charge in [0.15, 0.2) is 5.69 Å². The number of nitrogens with one attached hydrogen (secondary N) is 1. The smallest absolute Gasteiger partial charge is 0.277 e. The molecular formula is C18H17N7O. The number of amides is 1. The molecule has 1 aromatic carbocycles. The molecule has 0 bridgehead atoms. The van der Waals surface area contributed by atoms with Crippen molar-refractivity contribution in [2.75, 3.05) is 5.32 Å². The summed E-state index contributed by atoms with van der Waals surface area (Å²) in [4.78, 5) is 16.5. The van der Waals surface area contributed by atoms with Gasteiger partial charge in [-0.25, -0.2) is 4.68 Å². The van der Waals surface area contributed by atoms with Gasteiger partial charge in [0, 0.05) is 29.5 Å². The van der Waals surface area contributed by atoms with Crippen LogP contribution in [0.15, 0.2) is 55.1 Å². The van der Waals surface area contributed by atoms with Crippen LogP contribution in [0.2, 0.25) is 0 Å². The van der Waals surface area contributed by atoms with E-state index in [0.29, 0.717) is 5.69 Å². The minimum atomic E-state index is -0.323. The van der Waals surface area contributed by atoms with Gasteiger partial charge in [-0.1, -0.05) is 5.21 Å². The molecule has 4 aromatic rings. The third-order valence-electron chi connectivity index (χ3n) is 3.95. The van der Waals surface area contributed by atoms with E-state index in [1.807, 2.05) is 35.1 Å². The molecule has 0 aliphatic heterocycles. The van der Waals surface area contributed by atoms with Gasteiger partial charge >= 0.3 is 0 Å². The fourth-order valence-electron chi connectivity index (χ4n) is 2.57. The summed E-state index contributed by atoms with van der Waals surface area (Å²) < 4.78 is 3.41. The van der Waals surface area contributed by atoms with Crippen LogP contribution in [0.4, 0.5) is 5.69 Å². The van der Waals surface area contributed by atoms with Crippen molar-refractivity contribution in [1.82, 2.24) is 29.8 Å². The second kappa shape index (κ2) is 6.40. The zero-order valence-electron chi connectivity index (χ0n) is 14.4. The fourth-order valence-corrected chi connectivity index (χ4v) is 2.57. The van der Waals surface area contributed by atoms with Crippen LogP contribution in [0, 0.1) is 0 Å². The van der Waals surface area contributed by atoms with E-state index in [1.165, 1.54) is 4.68 Å². The molecule has 0 unspecified atom stereocenters. The van der Waals surface area contributed by atoms with E-state index >= 15 is 0 Å². The molecule has 26 heavy (non-hydrogen) atoms. The molecule has 0 aliphatic rings. The van der Waals surface area contributed by atoms with Crippen LogP contribution in [0.25, 0.3) is 16.6 Å². The lowest BCUT2D eigenvalue weighted by molar-refractivity contribution is 0.102. The molecule has 8 heteroatoms. The van der Waals surface area contributed by atoms with Crippen molar-refractivity contribution in [3.8, 4) is 5.69 Å². The highest BCUT2D eigenvalue weighted by Gasteiger charge is 2.13. The van der Waals surface area contributed by atoms with Gasteiger partial charge < -0.3 is 5.32 Å². The first-order valence-corrected chi connectivity index (χ1v) is 8.23. The number of rotatable bonds is 4. The molecule has 130 valence electrons. The van der Waals surface area contributed by atoms with E-state index in [-0.39, 0.29) is 17.6 Å². The Kier molecular flexibility index (Phi) is 3.92. The molecule has 0 aliphatic carbocycles. The molecule has 0 spiro atoms. The fraction of sp³-hybridized carbons (Fsp3) is 0.167. The van der Waals surface area contributed by atoms with Crippen LogP contribution in [-0.2, 0) is 0 Å². The van der Waals surface area contributed by atoms with E-state index in [0.717, 1.165) is 16.6 Å².